The number of hydrogen-bond acceptors (Lipinski definition) is 4. The molecule has 2 bridgehead atoms. The summed E-state index contributed by atoms with van der Waals surface area (Å²) in [6.45, 7) is 0. The molecule has 0 spiro atoms. The lowest BCUT2D eigenvalue weighted by Crippen LogP contribution is -2.42. The van der Waals surface area contributed by atoms with E-state index in [2.05, 4.69) is 20.8 Å². The number of amides is 2. The molecule has 2 N–H and O–H groups in total. The van der Waals surface area contributed by atoms with Crippen LogP contribution in [0.3, 0.4) is 0 Å². The second kappa shape index (κ2) is 7.86. The smallest absolute Gasteiger partial charge is 0.270 e. The minimum atomic E-state index is -0.355. The first-order valence-electron chi connectivity index (χ1n) is 10.6. The maximum absolute atomic E-state index is 12.9. The number of pyridine rings is 2. The Morgan fingerprint density at radius 3 is 2.60 bits per heavy atom. The summed E-state index contributed by atoms with van der Waals surface area (Å²) >= 11 is 0. The number of fused-ring (bicyclic) bond motifs is 3. The number of carbonyl (C=O) groups excluding carboxylic acids is 2. The quantitative estimate of drug-likeness (QED) is 0.651. The van der Waals surface area contributed by atoms with Gasteiger partial charge in [-0.3, -0.25) is 25.4 Å². The largest absolute Gasteiger partial charge is 0.273 e. The summed E-state index contributed by atoms with van der Waals surface area (Å²) in [6.07, 6.45) is 7.15. The summed E-state index contributed by atoms with van der Waals surface area (Å²) in [4.78, 5) is 34.3. The topological polar surface area (TPSA) is 84.0 Å². The molecule has 0 radical (unpaired) electrons. The van der Waals surface area contributed by atoms with Gasteiger partial charge < -0.3 is 0 Å². The average Bonchev–Trinajstić information content (AvgIpc) is 3.40. The Morgan fingerprint density at radius 1 is 0.967 bits per heavy atom. The molecule has 2 saturated carbocycles. The van der Waals surface area contributed by atoms with Crippen LogP contribution in [0.1, 0.15) is 42.5 Å². The Morgan fingerprint density at radius 2 is 1.83 bits per heavy atom. The normalized spacial score (nSPS) is 22.2. The van der Waals surface area contributed by atoms with E-state index in [1.54, 1.807) is 12.3 Å². The van der Waals surface area contributed by atoms with E-state index in [0.29, 0.717) is 40.7 Å². The summed E-state index contributed by atoms with van der Waals surface area (Å²) in [5.74, 6) is 1.46. The van der Waals surface area contributed by atoms with E-state index in [0.717, 1.165) is 17.7 Å². The first kappa shape index (κ1) is 18.7. The fourth-order valence-electron chi connectivity index (χ4n) is 5.12. The molecule has 2 fully saturated rings. The molecule has 2 aliphatic carbocycles. The third-order valence-corrected chi connectivity index (χ3v) is 6.54. The SMILES string of the molecule is O=C(CC1CC2CCC1C2)NNC(=O)c1cc(-c2ccccn2)nc2ccccc12. The molecule has 2 heterocycles. The molecule has 2 aliphatic rings. The van der Waals surface area contributed by atoms with E-state index < -0.39 is 0 Å². The third-order valence-electron chi connectivity index (χ3n) is 6.54. The van der Waals surface area contributed by atoms with Gasteiger partial charge in [-0.15, -0.1) is 0 Å². The molecular formula is C24H24N4O2. The van der Waals surface area contributed by atoms with Crippen molar-refractivity contribution in [2.24, 2.45) is 17.8 Å². The lowest BCUT2D eigenvalue weighted by molar-refractivity contribution is -0.123. The van der Waals surface area contributed by atoms with Crippen molar-refractivity contribution < 1.29 is 9.59 Å². The molecule has 0 aliphatic heterocycles. The van der Waals surface area contributed by atoms with Crippen molar-refractivity contribution in [2.45, 2.75) is 32.1 Å². The number of hydrazine groups is 1. The van der Waals surface area contributed by atoms with Gasteiger partial charge in [-0.1, -0.05) is 30.7 Å². The van der Waals surface area contributed by atoms with E-state index in [4.69, 9.17) is 0 Å². The van der Waals surface area contributed by atoms with E-state index in [1.807, 2.05) is 42.5 Å². The highest BCUT2D eigenvalue weighted by Crippen LogP contribution is 2.49. The average molecular weight is 400 g/mol. The Balaban J connectivity index is 1.33. The number of para-hydroxylation sites is 1. The van der Waals surface area contributed by atoms with E-state index in [-0.39, 0.29) is 11.8 Å². The van der Waals surface area contributed by atoms with Crippen molar-refractivity contribution >= 4 is 22.7 Å². The van der Waals surface area contributed by atoms with Crippen LogP contribution < -0.4 is 10.9 Å². The first-order valence-corrected chi connectivity index (χ1v) is 10.6. The highest BCUT2D eigenvalue weighted by atomic mass is 16.2. The van der Waals surface area contributed by atoms with Crippen LogP contribution in [0.15, 0.2) is 54.7 Å². The van der Waals surface area contributed by atoms with Gasteiger partial charge in [0.1, 0.15) is 0 Å². The molecule has 1 aromatic carbocycles. The molecule has 3 aromatic rings. The molecule has 3 unspecified atom stereocenters. The summed E-state index contributed by atoms with van der Waals surface area (Å²) in [5, 5.41) is 0.733. The fraction of sp³-hybridized carbons (Fsp3) is 0.333. The lowest BCUT2D eigenvalue weighted by atomic mass is 9.86. The number of hydrogen-bond donors (Lipinski definition) is 2. The van der Waals surface area contributed by atoms with Gasteiger partial charge in [-0.25, -0.2) is 4.98 Å². The van der Waals surface area contributed by atoms with Crippen molar-refractivity contribution in [3.05, 3.63) is 60.3 Å². The van der Waals surface area contributed by atoms with Crippen LogP contribution in [-0.4, -0.2) is 21.8 Å². The Kier molecular flexibility index (Phi) is 4.91. The first-order chi connectivity index (χ1) is 14.7. The van der Waals surface area contributed by atoms with Crippen molar-refractivity contribution in [3.63, 3.8) is 0 Å². The zero-order chi connectivity index (χ0) is 20.5. The van der Waals surface area contributed by atoms with Gasteiger partial charge in [-0.2, -0.15) is 0 Å². The van der Waals surface area contributed by atoms with Crippen LogP contribution in [0.25, 0.3) is 22.3 Å². The van der Waals surface area contributed by atoms with Crippen molar-refractivity contribution in [2.75, 3.05) is 0 Å². The maximum atomic E-state index is 12.9. The second-order valence-electron chi connectivity index (χ2n) is 8.43. The van der Waals surface area contributed by atoms with Crippen molar-refractivity contribution in [1.29, 1.82) is 0 Å². The maximum Gasteiger partial charge on any atom is 0.270 e. The Bertz CT molecular complexity index is 1100. The number of aromatic nitrogens is 2. The van der Waals surface area contributed by atoms with E-state index in [1.165, 1.54) is 19.3 Å². The van der Waals surface area contributed by atoms with E-state index >= 15 is 0 Å². The van der Waals surface area contributed by atoms with Gasteiger partial charge in [0.2, 0.25) is 5.91 Å². The monoisotopic (exact) mass is 400 g/mol. The number of benzene rings is 1. The van der Waals surface area contributed by atoms with Crippen LogP contribution in [0.5, 0.6) is 0 Å². The molecule has 152 valence electrons. The minimum Gasteiger partial charge on any atom is -0.273 e. The van der Waals surface area contributed by atoms with Crippen LogP contribution >= 0.6 is 0 Å². The fourth-order valence-corrected chi connectivity index (χ4v) is 5.12. The Hall–Kier alpha value is -3.28. The van der Waals surface area contributed by atoms with Crippen molar-refractivity contribution in [1.82, 2.24) is 20.8 Å². The standard InChI is InChI=1S/C24H24N4O2/c29-23(13-17-12-15-8-9-16(17)11-15)27-28-24(30)19-14-22(21-7-3-4-10-25-21)26-20-6-2-1-5-18(19)20/h1-7,10,14-17H,8-9,11-13H2,(H,27,29)(H,28,30). The van der Waals surface area contributed by atoms with Crippen LogP contribution in [0.2, 0.25) is 0 Å². The van der Waals surface area contributed by atoms with Gasteiger partial charge >= 0.3 is 0 Å². The number of nitrogens with one attached hydrogen (secondary N) is 2. The summed E-state index contributed by atoms with van der Waals surface area (Å²) in [5.41, 5.74) is 7.70. The zero-order valence-electron chi connectivity index (χ0n) is 16.7. The molecule has 2 aromatic heterocycles. The van der Waals surface area contributed by atoms with Crippen LogP contribution in [0.4, 0.5) is 0 Å². The third kappa shape index (κ3) is 3.65. The van der Waals surface area contributed by atoms with Crippen molar-refractivity contribution in [3.8, 4) is 11.4 Å². The van der Waals surface area contributed by atoms with Gasteiger partial charge in [0.15, 0.2) is 0 Å². The van der Waals surface area contributed by atoms with Gasteiger partial charge in [0.05, 0.1) is 22.5 Å². The summed E-state index contributed by atoms with van der Waals surface area (Å²) in [6, 6.07) is 14.8. The molecule has 2 amide bonds. The predicted octanol–water partition coefficient (Wildman–Crippen LogP) is 3.88. The zero-order valence-corrected chi connectivity index (χ0v) is 16.7. The predicted molar refractivity (Wildman–Crippen MR) is 114 cm³/mol. The highest BCUT2D eigenvalue weighted by molar-refractivity contribution is 6.07. The summed E-state index contributed by atoms with van der Waals surface area (Å²) < 4.78 is 0. The van der Waals surface area contributed by atoms with E-state index in [9.17, 15) is 9.59 Å². The number of nitrogens with zero attached hydrogens (tertiary/aromatic N) is 2. The van der Waals surface area contributed by atoms with Crippen LogP contribution in [0, 0.1) is 17.8 Å². The molecule has 30 heavy (non-hydrogen) atoms. The second-order valence-corrected chi connectivity index (χ2v) is 8.43. The lowest BCUT2D eigenvalue weighted by Gasteiger charge is -2.21. The minimum absolute atomic E-state index is 0.121. The number of carbonyl (C=O) groups is 2. The molecular weight excluding hydrogens is 376 g/mol. The molecule has 6 heteroatoms. The number of rotatable bonds is 4. The molecule has 0 saturated heterocycles. The van der Waals surface area contributed by atoms with Gasteiger partial charge in [-0.05, 0) is 61.3 Å². The van der Waals surface area contributed by atoms with Crippen LogP contribution in [-0.2, 0) is 4.79 Å². The molecule has 5 rings (SSSR count). The highest BCUT2D eigenvalue weighted by Gasteiger charge is 2.40. The molecule has 3 atom stereocenters. The summed E-state index contributed by atoms with van der Waals surface area (Å²) in [7, 11) is 0. The Labute approximate surface area is 175 Å². The molecule has 6 nitrogen and oxygen atoms in total. The van der Waals surface area contributed by atoms with Gasteiger partial charge in [0.25, 0.3) is 5.91 Å². The van der Waals surface area contributed by atoms with Gasteiger partial charge in [0, 0.05) is 18.0 Å².